The third kappa shape index (κ3) is 2.49. The highest BCUT2D eigenvalue weighted by atomic mass is 35.5. The first kappa shape index (κ1) is 13.0. The van der Waals surface area contributed by atoms with Gasteiger partial charge in [0.2, 0.25) is 0 Å². The molecule has 0 saturated heterocycles. The van der Waals surface area contributed by atoms with Gasteiger partial charge in [0, 0.05) is 29.2 Å². The van der Waals surface area contributed by atoms with E-state index in [4.69, 9.17) is 16.3 Å². The standard InChI is InChI=1S/C16H13ClFNO/c1-19-9-11(15-7-4-13(18)8-16(15)19)10-20-14-5-2-12(17)3-6-14/h2-9H,10H2,1H3. The van der Waals surface area contributed by atoms with E-state index in [0.29, 0.717) is 11.6 Å². The minimum absolute atomic E-state index is 0.233. The molecule has 0 aliphatic rings. The molecule has 1 aromatic heterocycles. The van der Waals surface area contributed by atoms with Crippen molar-refractivity contribution in [3.05, 3.63) is 65.1 Å². The van der Waals surface area contributed by atoms with Crippen molar-refractivity contribution in [1.82, 2.24) is 4.57 Å². The fourth-order valence-corrected chi connectivity index (χ4v) is 2.37. The van der Waals surface area contributed by atoms with Gasteiger partial charge < -0.3 is 9.30 Å². The summed E-state index contributed by atoms with van der Waals surface area (Å²) in [7, 11) is 1.90. The molecule has 4 heteroatoms. The summed E-state index contributed by atoms with van der Waals surface area (Å²) in [5, 5.41) is 1.68. The van der Waals surface area contributed by atoms with E-state index in [1.165, 1.54) is 12.1 Å². The zero-order valence-electron chi connectivity index (χ0n) is 10.9. The summed E-state index contributed by atoms with van der Waals surface area (Å²) in [6.45, 7) is 0.435. The van der Waals surface area contributed by atoms with Gasteiger partial charge in [-0.15, -0.1) is 0 Å². The maximum Gasteiger partial charge on any atom is 0.125 e. The van der Waals surface area contributed by atoms with Crippen molar-refractivity contribution in [2.45, 2.75) is 6.61 Å². The van der Waals surface area contributed by atoms with Crippen LogP contribution in [-0.2, 0) is 13.7 Å². The van der Waals surface area contributed by atoms with Crippen molar-refractivity contribution in [3.8, 4) is 5.75 Å². The third-order valence-electron chi connectivity index (χ3n) is 3.24. The van der Waals surface area contributed by atoms with E-state index in [1.807, 2.05) is 29.9 Å². The number of benzene rings is 2. The molecule has 0 fully saturated rings. The lowest BCUT2D eigenvalue weighted by atomic mass is 10.2. The molecule has 0 bridgehead atoms. The molecular weight excluding hydrogens is 277 g/mol. The second kappa shape index (κ2) is 5.17. The van der Waals surface area contributed by atoms with Gasteiger partial charge in [0.05, 0.1) is 5.52 Å². The van der Waals surface area contributed by atoms with E-state index in [2.05, 4.69) is 0 Å². The van der Waals surface area contributed by atoms with Crippen molar-refractivity contribution < 1.29 is 9.13 Å². The number of fused-ring (bicyclic) bond motifs is 1. The number of ether oxygens (including phenoxy) is 1. The number of halogens is 2. The number of aromatic nitrogens is 1. The molecule has 2 aromatic carbocycles. The Balaban J connectivity index is 1.86. The van der Waals surface area contributed by atoms with Crippen LogP contribution in [0.5, 0.6) is 5.75 Å². The van der Waals surface area contributed by atoms with E-state index < -0.39 is 0 Å². The van der Waals surface area contributed by atoms with Crippen LogP contribution in [0, 0.1) is 5.82 Å². The summed E-state index contributed by atoms with van der Waals surface area (Å²) < 4.78 is 20.9. The Kier molecular flexibility index (Phi) is 3.36. The van der Waals surface area contributed by atoms with Gasteiger partial charge in [-0.05, 0) is 42.5 Å². The smallest absolute Gasteiger partial charge is 0.125 e. The summed E-state index contributed by atoms with van der Waals surface area (Å²) in [6, 6.07) is 12.0. The van der Waals surface area contributed by atoms with Crippen molar-refractivity contribution in [2.75, 3.05) is 0 Å². The first-order valence-corrected chi connectivity index (χ1v) is 6.63. The molecule has 0 saturated carbocycles. The Morgan fingerprint density at radius 3 is 2.65 bits per heavy atom. The quantitative estimate of drug-likeness (QED) is 0.690. The summed E-state index contributed by atoms with van der Waals surface area (Å²) in [5.41, 5.74) is 1.89. The van der Waals surface area contributed by atoms with Crippen LogP contribution in [0.3, 0.4) is 0 Å². The van der Waals surface area contributed by atoms with Crippen molar-refractivity contribution in [2.24, 2.45) is 7.05 Å². The molecule has 2 nitrogen and oxygen atoms in total. The molecular formula is C16H13ClFNO. The summed E-state index contributed by atoms with van der Waals surface area (Å²) >= 11 is 5.83. The number of aryl methyl sites for hydroxylation is 1. The Morgan fingerprint density at radius 1 is 1.15 bits per heavy atom. The van der Waals surface area contributed by atoms with Crippen LogP contribution in [0.2, 0.25) is 5.02 Å². The summed E-state index contributed by atoms with van der Waals surface area (Å²) in [5.74, 6) is 0.525. The molecule has 0 atom stereocenters. The summed E-state index contributed by atoms with van der Waals surface area (Å²) in [4.78, 5) is 0. The first-order chi connectivity index (χ1) is 9.63. The van der Waals surface area contributed by atoms with Crippen molar-refractivity contribution >= 4 is 22.5 Å². The number of nitrogens with zero attached hydrogens (tertiary/aromatic N) is 1. The molecule has 0 unspecified atom stereocenters. The molecule has 0 aliphatic heterocycles. The number of hydrogen-bond acceptors (Lipinski definition) is 1. The van der Waals surface area contributed by atoms with Crippen LogP contribution in [0.1, 0.15) is 5.56 Å². The largest absolute Gasteiger partial charge is 0.489 e. The molecule has 20 heavy (non-hydrogen) atoms. The van der Waals surface area contributed by atoms with Gasteiger partial charge in [0.15, 0.2) is 0 Å². The van der Waals surface area contributed by atoms with E-state index in [1.54, 1.807) is 18.2 Å². The third-order valence-corrected chi connectivity index (χ3v) is 3.50. The Labute approximate surface area is 121 Å². The molecule has 3 aromatic rings. The average molecular weight is 290 g/mol. The maximum absolute atomic E-state index is 13.3. The molecule has 0 aliphatic carbocycles. The van der Waals surface area contributed by atoms with Gasteiger partial charge in [-0.3, -0.25) is 0 Å². The minimum atomic E-state index is -0.233. The Morgan fingerprint density at radius 2 is 1.90 bits per heavy atom. The van der Waals surface area contributed by atoms with Crippen LogP contribution in [0.25, 0.3) is 10.9 Å². The molecule has 0 amide bonds. The second-order valence-electron chi connectivity index (χ2n) is 4.67. The normalized spacial score (nSPS) is 10.9. The average Bonchev–Trinajstić information content (AvgIpc) is 2.74. The fraction of sp³-hybridized carbons (Fsp3) is 0.125. The lowest BCUT2D eigenvalue weighted by Crippen LogP contribution is -1.94. The predicted octanol–water partition coefficient (Wildman–Crippen LogP) is 4.55. The molecule has 0 spiro atoms. The Bertz CT molecular complexity index is 749. The topological polar surface area (TPSA) is 14.2 Å². The molecule has 0 N–H and O–H groups in total. The lowest BCUT2D eigenvalue weighted by Gasteiger charge is -2.05. The lowest BCUT2D eigenvalue weighted by molar-refractivity contribution is 0.307. The first-order valence-electron chi connectivity index (χ1n) is 6.25. The molecule has 0 radical (unpaired) electrons. The predicted molar refractivity (Wildman–Crippen MR) is 78.7 cm³/mol. The van der Waals surface area contributed by atoms with E-state index in [0.717, 1.165) is 22.2 Å². The van der Waals surface area contributed by atoms with Crippen LogP contribution in [0.15, 0.2) is 48.7 Å². The van der Waals surface area contributed by atoms with Gasteiger partial charge >= 0.3 is 0 Å². The second-order valence-corrected chi connectivity index (χ2v) is 5.11. The molecule has 1 heterocycles. The van der Waals surface area contributed by atoms with Crippen molar-refractivity contribution in [3.63, 3.8) is 0 Å². The molecule has 102 valence electrons. The summed E-state index contributed by atoms with van der Waals surface area (Å²) in [6.07, 6.45) is 1.96. The van der Waals surface area contributed by atoms with Crippen molar-refractivity contribution in [1.29, 1.82) is 0 Å². The zero-order chi connectivity index (χ0) is 14.1. The van der Waals surface area contributed by atoms with Gasteiger partial charge in [-0.2, -0.15) is 0 Å². The van der Waals surface area contributed by atoms with E-state index >= 15 is 0 Å². The fourth-order valence-electron chi connectivity index (χ4n) is 2.25. The highest BCUT2D eigenvalue weighted by molar-refractivity contribution is 6.30. The van der Waals surface area contributed by atoms with Gasteiger partial charge in [0.1, 0.15) is 18.2 Å². The minimum Gasteiger partial charge on any atom is -0.489 e. The van der Waals surface area contributed by atoms with E-state index in [-0.39, 0.29) is 5.82 Å². The highest BCUT2D eigenvalue weighted by Crippen LogP contribution is 2.23. The van der Waals surface area contributed by atoms with Gasteiger partial charge in [0.25, 0.3) is 0 Å². The monoisotopic (exact) mass is 289 g/mol. The SMILES string of the molecule is Cn1cc(COc2ccc(Cl)cc2)c2ccc(F)cc21. The van der Waals surface area contributed by atoms with Gasteiger partial charge in [-0.25, -0.2) is 4.39 Å². The van der Waals surface area contributed by atoms with E-state index in [9.17, 15) is 4.39 Å². The Hall–Kier alpha value is -2.00. The van der Waals surface area contributed by atoms with Gasteiger partial charge in [-0.1, -0.05) is 11.6 Å². The van der Waals surface area contributed by atoms with Crippen LogP contribution < -0.4 is 4.74 Å². The number of hydrogen-bond donors (Lipinski definition) is 0. The van der Waals surface area contributed by atoms with Crippen LogP contribution in [0.4, 0.5) is 4.39 Å². The number of rotatable bonds is 3. The van der Waals surface area contributed by atoms with Crippen LogP contribution >= 0.6 is 11.6 Å². The molecule has 3 rings (SSSR count). The maximum atomic E-state index is 13.3. The zero-order valence-corrected chi connectivity index (χ0v) is 11.7. The van der Waals surface area contributed by atoms with Crippen LogP contribution in [-0.4, -0.2) is 4.57 Å². The highest BCUT2D eigenvalue weighted by Gasteiger charge is 2.08.